The minimum atomic E-state index is -0.413. The van der Waals surface area contributed by atoms with Gasteiger partial charge in [0.25, 0.3) is 0 Å². The van der Waals surface area contributed by atoms with Crippen LogP contribution in [-0.2, 0) is 4.79 Å². The molecule has 7 heteroatoms. The SMILES string of the molecule is CNC(=O)C(C)Nc1cc(OC)nc(N)n1. The first kappa shape index (κ1) is 12.0. The van der Waals surface area contributed by atoms with Gasteiger partial charge in [0, 0.05) is 13.1 Å². The quantitative estimate of drug-likeness (QED) is 0.645. The lowest BCUT2D eigenvalue weighted by atomic mass is 10.3. The fourth-order valence-electron chi connectivity index (χ4n) is 1.13. The highest BCUT2D eigenvalue weighted by Gasteiger charge is 2.12. The summed E-state index contributed by atoms with van der Waals surface area (Å²) in [5, 5.41) is 5.41. The van der Waals surface area contributed by atoms with Crippen LogP contribution in [0.2, 0.25) is 0 Å². The number of amides is 1. The summed E-state index contributed by atoms with van der Waals surface area (Å²) in [6.07, 6.45) is 0. The zero-order valence-electron chi connectivity index (χ0n) is 9.44. The summed E-state index contributed by atoms with van der Waals surface area (Å²) in [4.78, 5) is 19.0. The van der Waals surface area contributed by atoms with E-state index in [0.717, 1.165) is 0 Å². The van der Waals surface area contributed by atoms with E-state index in [1.165, 1.54) is 7.11 Å². The molecule has 1 aromatic rings. The summed E-state index contributed by atoms with van der Waals surface area (Å²) >= 11 is 0. The van der Waals surface area contributed by atoms with Crippen LogP contribution in [0, 0.1) is 0 Å². The van der Waals surface area contributed by atoms with Crippen molar-refractivity contribution < 1.29 is 9.53 Å². The molecule has 1 atom stereocenters. The van der Waals surface area contributed by atoms with Gasteiger partial charge in [-0.3, -0.25) is 4.79 Å². The van der Waals surface area contributed by atoms with E-state index >= 15 is 0 Å². The largest absolute Gasteiger partial charge is 0.481 e. The van der Waals surface area contributed by atoms with E-state index in [1.807, 2.05) is 0 Å². The fraction of sp³-hybridized carbons (Fsp3) is 0.444. The number of nitrogens with one attached hydrogen (secondary N) is 2. The Morgan fingerprint density at radius 1 is 1.56 bits per heavy atom. The van der Waals surface area contributed by atoms with E-state index in [-0.39, 0.29) is 11.9 Å². The summed E-state index contributed by atoms with van der Waals surface area (Å²) in [6.45, 7) is 1.71. The average molecular weight is 225 g/mol. The molecule has 0 aliphatic rings. The number of carbonyl (C=O) groups excluding carboxylic acids is 1. The van der Waals surface area contributed by atoms with Crippen molar-refractivity contribution in [1.29, 1.82) is 0 Å². The molecule has 4 N–H and O–H groups in total. The predicted octanol–water partition coefficient (Wildman–Crippen LogP) is -0.386. The van der Waals surface area contributed by atoms with Gasteiger partial charge in [-0.15, -0.1) is 0 Å². The highest BCUT2D eigenvalue weighted by atomic mass is 16.5. The Labute approximate surface area is 93.4 Å². The van der Waals surface area contributed by atoms with Crippen LogP contribution in [-0.4, -0.2) is 36.1 Å². The molecule has 0 aliphatic heterocycles. The van der Waals surface area contributed by atoms with Crippen LogP contribution >= 0.6 is 0 Å². The number of methoxy groups -OCH3 is 1. The van der Waals surface area contributed by atoms with Crippen LogP contribution < -0.4 is 21.1 Å². The van der Waals surface area contributed by atoms with Gasteiger partial charge < -0.3 is 21.1 Å². The Balaban J connectivity index is 2.80. The number of rotatable bonds is 4. The van der Waals surface area contributed by atoms with Crippen molar-refractivity contribution in [2.75, 3.05) is 25.2 Å². The van der Waals surface area contributed by atoms with Crippen LogP contribution in [0.25, 0.3) is 0 Å². The molecule has 1 unspecified atom stereocenters. The van der Waals surface area contributed by atoms with Crippen LogP contribution in [0.4, 0.5) is 11.8 Å². The smallest absolute Gasteiger partial charge is 0.241 e. The summed E-state index contributed by atoms with van der Waals surface area (Å²) in [5.41, 5.74) is 5.48. The number of nitrogen functional groups attached to an aromatic ring is 1. The first-order chi connectivity index (χ1) is 7.56. The molecule has 88 valence electrons. The van der Waals surface area contributed by atoms with E-state index in [9.17, 15) is 4.79 Å². The van der Waals surface area contributed by atoms with Crippen LogP contribution in [0.15, 0.2) is 6.07 Å². The van der Waals surface area contributed by atoms with E-state index in [4.69, 9.17) is 10.5 Å². The van der Waals surface area contributed by atoms with Gasteiger partial charge in [-0.05, 0) is 6.92 Å². The maximum absolute atomic E-state index is 11.3. The first-order valence-corrected chi connectivity index (χ1v) is 4.73. The molecule has 16 heavy (non-hydrogen) atoms. The lowest BCUT2D eigenvalue weighted by Gasteiger charge is -2.13. The molecular formula is C9H15N5O2. The molecule has 1 rings (SSSR count). The van der Waals surface area contributed by atoms with Crippen molar-refractivity contribution in [3.63, 3.8) is 0 Å². The van der Waals surface area contributed by atoms with Gasteiger partial charge >= 0.3 is 0 Å². The monoisotopic (exact) mass is 225 g/mol. The van der Waals surface area contributed by atoms with Gasteiger partial charge in [-0.1, -0.05) is 0 Å². The molecule has 0 saturated heterocycles. The van der Waals surface area contributed by atoms with Gasteiger partial charge in [-0.2, -0.15) is 9.97 Å². The summed E-state index contributed by atoms with van der Waals surface area (Å²) in [7, 11) is 3.04. The standard InChI is InChI=1S/C9H15N5O2/c1-5(8(15)11-2)12-6-4-7(16-3)14-9(10)13-6/h4-5H,1-3H3,(H,11,15)(H3,10,12,13,14). The number of hydrogen-bond acceptors (Lipinski definition) is 6. The predicted molar refractivity (Wildman–Crippen MR) is 60.1 cm³/mol. The molecule has 1 amide bonds. The van der Waals surface area contributed by atoms with E-state index in [1.54, 1.807) is 20.0 Å². The Hall–Kier alpha value is -2.05. The lowest BCUT2D eigenvalue weighted by molar-refractivity contribution is -0.121. The topological polar surface area (TPSA) is 102 Å². The zero-order chi connectivity index (χ0) is 12.1. The lowest BCUT2D eigenvalue weighted by Crippen LogP contribution is -2.35. The second-order valence-corrected chi connectivity index (χ2v) is 3.13. The van der Waals surface area contributed by atoms with Crippen molar-refractivity contribution in [3.8, 4) is 5.88 Å². The van der Waals surface area contributed by atoms with Crippen molar-refractivity contribution >= 4 is 17.7 Å². The van der Waals surface area contributed by atoms with Crippen LogP contribution in [0.1, 0.15) is 6.92 Å². The van der Waals surface area contributed by atoms with E-state index < -0.39 is 6.04 Å². The number of likely N-dealkylation sites (N-methyl/N-ethyl adjacent to an activating group) is 1. The van der Waals surface area contributed by atoms with Gasteiger partial charge in [0.05, 0.1) is 7.11 Å². The Bertz CT molecular complexity index is 382. The third-order valence-corrected chi connectivity index (χ3v) is 1.93. The molecule has 1 heterocycles. The van der Waals surface area contributed by atoms with Crippen molar-refractivity contribution in [2.45, 2.75) is 13.0 Å². The normalized spacial score (nSPS) is 11.7. The zero-order valence-corrected chi connectivity index (χ0v) is 9.44. The number of carbonyl (C=O) groups is 1. The molecular weight excluding hydrogens is 210 g/mol. The molecule has 1 aromatic heterocycles. The third kappa shape index (κ3) is 2.97. The van der Waals surface area contributed by atoms with Gasteiger partial charge in [0.2, 0.25) is 17.7 Å². The average Bonchev–Trinajstić information content (AvgIpc) is 2.26. The highest BCUT2D eigenvalue weighted by molar-refractivity contribution is 5.83. The molecule has 0 radical (unpaired) electrons. The number of hydrogen-bond donors (Lipinski definition) is 3. The van der Waals surface area contributed by atoms with E-state index in [0.29, 0.717) is 11.7 Å². The van der Waals surface area contributed by atoms with Crippen molar-refractivity contribution in [3.05, 3.63) is 6.07 Å². The molecule has 0 aromatic carbocycles. The summed E-state index contributed by atoms with van der Waals surface area (Å²) in [5.74, 6) is 0.738. The number of aromatic nitrogens is 2. The maximum Gasteiger partial charge on any atom is 0.241 e. The molecule has 0 aliphatic carbocycles. The van der Waals surface area contributed by atoms with Gasteiger partial charge in [0.1, 0.15) is 11.9 Å². The van der Waals surface area contributed by atoms with Gasteiger partial charge in [-0.25, -0.2) is 0 Å². The summed E-state index contributed by atoms with van der Waals surface area (Å²) < 4.78 is 4.93. The number of nitrogens with zero attached hydrogens (tertiary/aromatic N) is 2. The third-order valence-electron chi connectivity index (χ3n) is 1.93. The Morgan fingerprint density at radius 3 is 2.81 bits per heavy atom. The van der Waals surface area contributed by atoms with Crippen molar-refractivity contribution in [1.82, 2.24) is 15.3 Å². The first-order valence-electron chi connectivity index (χ1n) is 4.73. The second kappa shape index (κ2) is 5.15. The van der Waals surface area contributed by atoms with Crippen molar-refractivity contribution in [2.24, 2.45) is 0 Å². The minimum Gasteiger partial charge on any atom is -0.481 e. The number of nitrogens with two attached hydrogens (primary N) is 1. The maximum atomic E-state index is 11.3. The van der Waals surface area contributed by atoms with Crippen LogP contribution in [0.3, 0.4) is 0 Å². The molecule has 0 bridgehead atoms. The minimum absolute atomic E-state index is 0.0888. The molecule has 0 spiro atoms. The van der Waals surface area contributed by atoms with Gasteiger partial charge in [0.15, 0.2) is 0 Å². The highest BCUT2D eigenvalue weighted by Crippen LogP contribution is 2.14. The molecule has 7 nitrogen and oxygen atoms in total. The molecule has 0 saturated carbocycles. The second-order valence-electron chi connectivity index (χ2n) is 3.13. The Morgan fingerprint density at radius 2 is 2.25 bits per heavy atom. The van der Waals surface area contributed by atoms with E-state index in [2.05, 4.69) is 20.6 Å². The summed E-state index contributed by atoms with van der Waals surface area (Å²) in [6, 6.07) is 1.15. The number of ether oxygens (including phenoxy) is 1. The fourth-order valence-corrected chi connectivity index (χ4v) is 1.13. The molecule has 0 fully saturated rings. The van der Waals surface area contributed by atoms with Crippen LogP contribution in [0.5, 0.6) is 5.88 Å². The Kier molecular flexibility index (Phi) is 3.87. The number of anilines is 2.